The van der Waals surface area contributed by atoms with Gasteiger partial charge in [-0.3, -0.25) is 4.79 Å². The first-order valence-corrected chi connectivity index (χ1v) is 11.4. The molecular weight excluding hydrogens is 481 g/mol. The normalized spacial score (nSPS) is 11.1. The summed E-state index contributed by atoms with van der Waals surface area (Å²) in [5.74, 6) is 0.198. The Morgan fingerprint density at radius 2 is 2.03 bits per heavy atom. The van der Waals surface area contributed by atoms with Crippen LogP contribution in [0.3, 0.4) is 0 Å². The summed E-state index contributed by atoms with van der Waals surface area (Å²) in [5, 5.41) is 4.68. The van der Waals surface area contributed by atoms with Crippen LogP contribution in [0, 0.1) is 5.82 Å². The number of hydrogen-bond donors (Lipinski definition) is 1. The lowest BCUT2D eigenvalue weighted by Gasteiger charge is -2.13. The highest BCUT2D eigenvalue weighted by atomic mass is 35.5. The number of halogens is 2. The van der Waals surface area contributed by atoms with Crippen LogP contribution in [0.4, 0.5) is 4.39 Å². The van der Waals surface area contributed by atoms with Crippen molar-refractivity contribution in [2.45, 2.75) is 11.8 Å². The van der Waals surface area contributed by atoms with Crippen molar-refractivity contribution in [2.24, 2.45) is 5.10 Å². The van der Waals surface area contributed by atoms with Crippen LogP contribution in [0.5, 0.6) is 11.5 Å². The first-order valence-electron chi connectivity index (χ1n) is 10.1. The largest absolute Gasteiger partial charge is 0.493 e. The van der Waals surface area contributed by atoms with Gasteiger partial charge in [0.25, 0.3) is 11.1 Å². The standard InChI is InChI=1S/C24H19ClFN3O4S/c1-31-21-11-16(10-18(25)23(21)32-13-15-6-8-17(26)9-7-15)12-27-29-22(30)14-34-24-28-19-4-2-3-5-20(19)33-24/h2-12H,13-14H2,1H3,(H,29,30)/b27-12-. The van der Waals surface area contributed by atoms with Gasteiger partial charge < -0.3 is 13.9 Å². The highest BCUT2D eigenvalue weighted by Crippen LogP contribution is 2.36. The fraction of sp³-hybridized carbons (Fsp3) is 0.125. The molecule has 1 amide bonds. The maximum absolute atomic E-state index is 13.1. The lowest BCUT2D eigenvalue weighted by Crippen LogP contribution is -2.19. The molecule has 0 spiro atoms. The minimum absolute atomic E-state index is 0.0877. The average molecular weight is 500 g/mol. The molecule has 1 heterocycles. The number of aromatic nitrogens is 1. The summed E-state index contributed by atoms with van der Waals surface area (Å²) in [7, 11) is 1.49. The van der Waals surface area contributed by atoms with E-state index in [1.54, 1.807) is 24.3 Å². The van der Waals surface area contributed by atoms with Gasteiger partial charge in [-0.1, -0.05) is 47.6 Å². The van der Waals surface area contributed by atoms with Crippen LogP contribution in [0.2, 0.25) is 5.02 Å². The number of benzene rings is 3. The molecule has 0 aliphatic rings. The average Bonchev–Trinajstić information content (AvgIpc) is 3.26. The Labute approximate surface area is 203 Å². The zero-order valence-corrected chi connectivity index (χ0v) is 19.5. The fourth-order valence-corrected chi connectivity index (χ4v) is 3.85. The molecule has 7 nitrogen and oxygen atoms in total. The van der Waals surface area contributed by atoms with Crippen molar-refractivity contribution in [1.82, 2.24) is 10.4 Å². The highest BCUT2D eigenvalue weighted by Gasteiger charge is 2.13. The predicted molar refractivity (Wildman–Crippen MR) is 129 cm³/mol. The van der Waals surface area contributed by atoms with Crippen LogP contribution in [0.25, 0.3) is 11.1 Å². The lowest BCUT2D eigenvalue weighted by atomic mass is 10.2. The van der Waals surface area contributed by atoms with Crippen molar-refractivity contribution in [1.29, 1.82) is 0 Å². The van der Waals surface area contributed by atoms with E-state index in [1.807, 2.05) is 24.3 Å². The molecule has 0 saturated heterocycles. The van der Waals surface area contributed by atoms with Crippen LogP contribution < -0.4 is 14.9 Å². The number of methoxy groups -OCH3 is 1. The number of nitrogens with zero attached hydrogens (tertiary/aromatic N) is 2. The Hall–Kier alpha value is -3.56. The van der Waals surface area contributed by atoms with E-state index in [-0.39, 0.29) is 24.1 Å². The maximum atomic E-state index is 13.1. The predicted octanol–water partition coefficient (Wildman–Crippen LogP) is 5.45. The van der Waals surface area contributed by atoms with Gasteiger partial charge in [0.1, 0.15) is 17.9 Å². The number of carbonyl (C=O) groups is 1. The van der Waals surface area contributed by atoms with Gasteiger partial charge >= 0.3 is 0 Å². The summed E-state index contributed by atoms with van der Waals surface area (Å²) in [5.41, 5.74) is 5.23. The number of hydrogen-bond acceptors (Lipinski definition) is 7. The third kappa shape index (κ3) is 6.06. The number of amides is 1. The van der Waals surface area contributed by atoms with Crippen molar-refractivity contribution >= 4 is 46.6 Å². The number of oxazole rings is 1. The third-order valence-corrected chi connectivity index (χ3v) is 5.66. The van der Waals surface area contributed by atoms with Gasteiger partial charge in [-0.15, -0.1) is 0 Å². The molecule has 0 aliphatic carbocycles. The zero-order chi connectivity index (χ0) is 23.9. The van der Waals surface area contributed by atoms with Gasteiger partial charge in [-0.2, -0.15) is 5.10 Å². The van der Waals surface area contributed by atoms with Crippen LogP contribution in [-0.2, 0) is 11.4 Å². The summed E-state index contributed by atoms with van der Waals surface area (Å²) in [4.78, 5) is 16.4. The molecular formula is C24H19ClFN3O4S. The second-order valence-corrected chi connectivity index (χ2v) is 8.31. The number of nitrogens with one attached hydrogen (secondary N) is 1. The maximum Gasteiger partial charge on any atom is 0.257 e. The Bertz CT molecular complexity index is 1290. The summed E-state index contributed by atoms with van der Waals surface area (Å²) >= 11 is 7.54. The molecule has 174 valence electrons. The van der Waals surface area contributed by atoms with Crippen LogP contribution in [-0.4, -0.2) is 30.0 Å². The van der Waals surface area contributed by atoms with E-state index < -0.39 is 0 Å². The van der Waals surface area contributed by atoms with Crippen molar-refractivity contribution in [3.63, 3.8) is 0 Å². The van der Waals surface area contributed by atoms with Gasteiger partial charge in [0.2, 0.25) is 0 Å². The van der Waals surface area contributed by atoms with E-state index >= 15 is 0 Å². The number of fused-ring (bicyclic) bond motifs is 1. The molecule has 0 fully saturated rings. The third-order valence-electron chi connectivity index (χ3n) is 4.55. The summed E-state index contributed by atoms with van der Waals surface area (Å²) < 4.78 is 29.8. The number of ether oxygens (including phenoxy) is 2. The Morgan fingerprint density at radius 3 is 2.79 bits per heavy atom. The minimum atomic E-state index is -0.320. The smallest absolute Gasteiger partial charge is 0.257 e. The number of thioether (sulfide) groups is 1. The lowest BCUT2D eigenvalue weighted by molar-refractivity contribution is -0.118. The van der Waals surface area contributed by atoms with Gasteiger partial charge in [-0.05, 0) is 47.5 Å². The fourth-order valence-electron chi connectivity index (χ4n) is 2.94. The van der Waals surface area contributed by atoms with Crippen LogP contribution >= 0.6 is 23.4 Å². The summed E-state index contributed by atoms with van der Waals surface area (Å²) in [6, 6.07) is 16.7. The second-order valence-electron chi connectivity index (χ2n) is 6.98. The van der Waals surface area contributed by atoms with E-state index in [0.29, 0.717) is 32.9 Å². The SMILES string of the molecule is COc1cc(/C=N\NC(=O)CSc2nc3ccccc3o2)cc(Cl)c1OCc1ccc(F)cc1. The molecule has 4 aromatic rings. The number of hydrazone groups is 1. The topological polar surface area (TPSA) is 86.0 Å². The molecule has 4 rings (SSSR count). The van der Waals surface area contributed by atoms with E-state index in [1.165, 1.54) is 37.2 Å². The number of carbonyl (C=O) groups excluding carboxylic acids is 1. The van der Waals surface area contributed by atoms with Gasteiger partial charge in [0.05, 0.1) is 24.1 Å². The first kappa shape index (κ1) is 23.6. The molecule has 1 aromatic heterocycles. The molecule has 0 bridgehead atoms. The van der Waals surface area contributed by atoms with Crippen LogP contribution in [0.15, 0.2) is 75.4 Å². The van der Waals surface area contributed by atoms with Crippen molar-refractivity contribution in [3.8, 4) is 11.5 Å². The molecule has 34 heavy (non-hydrogen) atoms. The van der Waals surface area contributed by atoms with Crippen molar-refractivity contribution < 1.29 is 23.1 Å². The Morgan fingerprint density at radius 1 is 1.24 bits per heavy atom. The van der Waals surface area contributed by atoms with Crippen molar-refractivity contribution in [3.05, 3.63) is 82.6 Å². The van der Waals surface area contributed by atoms with E-state index in [0.717, 1.165) is 11.1 Å². The summed E-state index contributed by atoms with van der Waals surface area (Å²) in [6.45, 7) is 0.192. The first-order chi connectivity index (χ1) is 16.5. The Balaban J connectivity index is 1.33. The Kier molecular flexibility index (Phi) is 7.66. The van der Waals surface area contributed by atoms with Gasteiger partial charge in [-0.25, -0.2) is 14.8 Å². The van der Waals surface area contributed by atoms with Crippen LogP contribution in [0.1, 0.15) is 11.1 Å². The van der Waals surface area contributed by atoms with E-state index in [4.69, 9.17) is 25.5 Å². The van der Waals surface area contributed by atoms with E-state index in [2.05, 4.69) is 15.5 Å². The molecule has 3 aromatic carbocycles. The van der Waals surface area contributed by atoms with Gasteiger partial charge in [0, 0.05) is 0 Å². The monoisotopic (exact) mass is 499 g/mol. The van der Waals surface area contributed by atoms with E-state index in [9.17, 15) is 9.18 Å². The van der Waals surface area contributed by atoms with Crippen molar-refractivity contribution in [2.75, 3.05) is 12.9 Å². The summed E-state index contributed by atoms with van der Waals surface area (Å²) in [6.07, 6.45) is 1.44. The molecule has 1 N–H and O–H groups in total. The quantitative estimate of drug-likeness (QED) is 0.187. The molecule has 10 heteroatoms. The highest BCUT2D eigenvalue weighted by molar-refractivity contribution is 7.99. The number of rotatable bonds is 9. The second kappa shape index (κ2) is 11.0. The zero-order valence-electron chi connectivity index (χ0n) is 18.0. The minimum Gasteiger partial charge on any atom is -0.493 e. The molecule has 0 aliphatic heterocycles. The molecule has 0 atom stereocenters. The molecule has 0 unspecified atom stereocenters. The molecule has 0 saturated carbocycles. The number of para-hydroxylation sites is 2. The van der Waals surface area contributed by atoms with Gasteiger partial charge in [0.15, 0.2) is 17.1 Å². The molecule has 0 radical (unpaired) electrons.